The van der Waals surface area contributed by atoms with Crippen LogP contribution in [0.4, 0.5) is 13.2 Å². The summed E-state index contributed by atoms with van der Waals surface area (Å²) in [6, 6.07) is -2.46. The van der Waals surface area contributed by atoms with Crippen LogP contribution in [0.5, 0.6) is 0 Å². The first-order chi connectivity index (χ1) is 9.55. The van der Waals surface area contributed by atoms with Crippen molar-refractivity contribution in [1.82, 2.24) is 10.2 Å². The SMILES string of the molecule is CC(C)[C@H](NC(=O)C(F)(F)F)C(=O)N1CCC[C@@H]1C(=O)O. The molecule has 0 aromatic rings. The molecule has 0 saturated carbocycles. The standard InChI is InChI=1S/C12H17F3N2O4/c1-6(2)8(16-11(21)12(13,14)15)9(18)17-5-3-4-7(17)10(19)20/h6-8H,3-5H2,1-2H3,(H,16,21)(H,19,20)/t7-,8+/m1/s1. The number of likely N-dealkylation sites (tertiary alicyclic amines) is 1. The molecule has 0 spiro atoms. The maximum atomic E-state index is 12.3. The molecular weight excluding hydrogens is 293 g/mol. The van der Waals surface area contributed by atoms with E-state index < -0.39 is 42.0 Å². The molecule has 120 valence electrons. The third kappa shape index (κ3) is 4.08. The van der Waals surface area contributed by atoms with Gasteiger partial charge >= 0.3 is 18.1 Å². The molecule has 0 aromatic carbocycles. The first kappa shape index (κ1) is 17.3. The molecule has 0 aromatic heterocycles. The fraction of sp³-hybridized carbons (Fsp3) is 0.750. The summed E-state index contributed by atoms with van der Waals surface area (Å²) in [7, 11) is 0. The normalized spacial score (nSPS) is 20.5. The van der Waals surface area contributed by atoms with Gasteiger partial charge in [-0.05, 0) is 18.8 Å². The minimum absolute atomic E-state index is 0.154. The van der Waals surface area contributed by atoms with E-state index >= 15 is 0 Å². The molecular formula is C12H17F3N2O4. The zero-order valence-corrected chi connectivity index (χ0v) is 11.6. The smallest absolute Gasteiger partial charge is 0.471 e. The summed E-state index contributed by atoms with van der Waals surface area (Å²) in [5.41, 5.74) is 0. The van der Waals surface area contributed by atoms with Gasteiger partial charge in [-0.1, -0.05) is 13.8 Å². The Labute approximate surface area is 119 Å². The van der Waals surface area contributed by atoms with Gasteiger partial charge in [0.2, 0.25) is 5.91 Å². The topological polar surface area (TPSA) is 86.7 Å². The fourth-order valence-corrected chi connectivity index (χ4v) is 2.20. The first-order valence-corrected chi connectivity index (χ1v) is 6.46. The lowest BCUT2D eigenvalue weighted by Gasteiger charge is -2.29. The van der Waals surface area contributed by atoms with Gasteiger partial charge in [-0.15, -0.1) is 0 Å². The Morgan fingerprint density at radius 3 is 2.29 bits per heavy atom. The number of nitrogens with zero attached hydrogens (tertiary/aromatic N) is 1. The molecule has 1 saturated heterocycles. The van der Waals surface area contributed by atoms with E-state index in [1.165, 1.54) is 13.8 Å². The summed E-state index contributed by atoms with van der Waals surface area (Å²) in [6.45, 7) is 3.11. The van der Waals surface area contributed by atoms with Gasteiger partial charge in [-0.25, -0.2) is 4.79 Å². The number of carbonyl (C=O) groups excluding carboxylic acids is 2. The predicted octanol–water partition coefficient (Wildman–Crippen LogP) is 0.765. The second-order valence-corrected chi connectivity index (χ2v) is 5.22. The molecule has 1 fully saturated rings. The van der Waals surface area contributed by atoms with Crippen LogP contribution in [0, 0.1) is 5.92 Å². The molecule has 0 radical (unpaired) electrons. The van der Waals surface area contributed by atoms with Crippen molar-refractivity contribution in [2.75, 3.05) is 6.54 Å². The van der Waals surface area contributed by atoms with Crippen LogP contribution in [0.1, 0.15) is 26.7 Å². The molecule has 2 N–H and O–H groups in total. The van der Waals surface area contributed by atoms with Crippen LogP contribution in [-0.4, -0.2) is 52.6 Å². The second kappa shape index (κ2) is 6.31. The van der Waals surface area contributed by atoms with Crippen molar-refractivity contribution in [3.8, 4) is 0 Å². The van der Waals surface area contributed by atoms with Gasteiger partial charge in [-0.3, -0.25) is 9.59 Å². The Morgan fingerprint density at radius 2 is 1.86 bits per heavy atom. The summed E-state index contributed by atoms with van der Waals surface area (Å²) < 4.78 is 36.9. The highest BCUT2D eigenvalue weighted by Crippen LogP contribution is 2.21. The van der Waals surface area contributed by atoms with Crippen LogP contribution < -0.4 is 5.32 Å². The Hall–Kier alpha value is -1.80. The van der Waals surface area contributed by atoms with Gasteiger partial charge in [0.1, 0.15) is 12.1 Å². The van der Waals surface area contributed by atoms with Crippen LogP contribution in [0.3, 0.4) is 0 Å². The molecule has 1 aliphatic rings. The van der Waals surface area contributed by atoms with Gasteiger partial charge in [0.15, 0.2) is 0 Å². The predicted molar refractivity (Wildman–Crippen MR) is 65.2 cm³/mol. The largest absolute Gasteiger partial charge is 0.480 e. The van der Waals surface area contributed by atoms with Crippen LogP contribution in [0.2, 0.25) is 0 Å². The lowest BCUT2D eigenvalue weighted by atomic mass is 10.0. The number of aliphatic carboxylic acids is 1. The number of nitrogens with one attached hydrogen (secondary N) is 1. The van der Waals surface area contributed by atoms with Gasteiger partial charge in [-0.2, -0.15) is 13.2 Å². The number of rotatable bonds is 4. The number of carboxylic acids is 1. The van der Waals surface area contributed by atoms with E-state index in [1.54, 1.807) is 5.32 Å². The lowest BCUT2D eigenvalue weighted by molar-refractivity contribution is -0.175. The van der Waals surface area contributed by atoms with E-state index in [2.05, 4.69) is 0 Å². The molecule has 2 amide bonds. The number of amides is 2. The Balaban J connectivity index is 2.88. The highest BCUT2D eigenvalue weighted by atomic mass is 19.4. The van der Waals surface area contributed by atoms with E-state index in [-0.39, 0.29) is 13.0 Å². The number of hydrogen-bond acceptors (Lipinski definition) is 3. The average Bonchev–Trinajstić information content (AvgIpc) is 2.82. The van der Waals surface area contributed by atoms with E-state index in [0.717, 1.165) is 4.90 Å². The van der Waals surface area contributed by atoms with Crippen molar-refractivity contribution in [2.24, 2.45) is 5.92 Å². The maximum absolute atomic E-state index is 12.3. The molecule has 2 atom stereocenters. The fourth-order valence-electron chi connectivity index (χ4n) is 2.20. The maximum Gasteiger partial charge on any atom is 0.471 e. The Bertz CT molecular complexity index is 437. The highest BCUT2D eigenvalue weighted by molar-refractivity contribution is 5.92. The average molecular weight is 310 g/mol. The van der Waals surface area contributed by atoms with Crippen LogP contribution in [-0.2, 0) is 14.4 Å². The van der Waals surface area contributed by atoms with Gasteiger partial charge in [0, 0.05) is 6.54 Å². The molecule has 1 rings (SSSR count). The van der Waals surface area contributed by atoms with Crippen molar-refractivity contribution in [1.29, 1.82) is 0 Å². The van der Waals surface area contributed by atoms with E-state index in [1.807, 2.05) is 0 Å². The molecule has 0 unspecified atom stereocenters. The molecule has 0 bridgehead atoms. The number of hydrogen-bond donors (Lipinski definition) is 2. The van der Waals surface area contributed by atoms with Gasteiger partial charge in [0.05, 0.1) is 0 Å². The quantitative estimate of drug-likeness (QED) is 0.803. The summed E-state index contributed by atoms with van der Waals surface area (Å²) in [6.07, 6.45) is -4.38. The molecule has 0 aliphatic carbocycles. The summed E-state index contributed by atoms with van der Waals surface area (Å²) in [5, 5.41) is 10.6. The van der Waals surface area contributed by atoms with E-state index in [4.69, 9.17) is 5.11 Å². The zero-order chi connectivity index (χ0) is 16.4. The number of alkyl halides is 3. The van der Waals surface area contributed by atoms with Gasteiger partial charge in [0.25, 0.3) is 0 Å². The first-order valence-electron chi connectivity index (χ1n) is 6.46. The molecule has 6 nitrogen and oxygen atoms in total. The van der Waals surface area contributed by atoms with Crippen molar-refractivity contribution in [2.45, 2.75) is 44.9 Å². The lowest BCUT2D eigenvalue weighted by Crippen LogP contribution is -2.55. The number of halogens is 3. The highest BCUT2D eigenvalue weighted by Gasteiger charge is 2.44. The van der Waals surface area contributed by atoms with Crippen LogP contribution in [0.15, 0.2) is 0 Å². The Morgan fingerprint density at radius 1 is 1.29 bits per heavy atom. The minimum atomic E-state index is -5.09. The van der Waals surface area contributed by atoms with Crippen molar-refractivity contribution in [3.05, 3.63) is 0 Å². The zero-order valence-electron chi connectivity index (χ0n) is 11.6. The van der Waals surface area contributed by atoms with Crippen molar-refractivity contribution >= 4 is 17.8 Å². The van der Waals surface area contributed by atoms with Gasteiger partial charge < -0.3 is 15.3 Å². The second-order valence-electron chi connectivity index (χ2n) is 5.22. The molecule has 9 heteroatoms. The molecule has 1 aliphatic heterocycles. The monoisotopic (exact) mass is 310 g/mol. The molecule has 1 heterocycles. The van der Waals surface area contributed by atoms with Crippen molar-refractivity contribution in [3.63, 3.8) is 0 Å². The van der Waals surface area contributed by atoms with E-state index in [9.17, 15) is 27.6 Å². The Kier molecular flexibility index (Phi) is 5.19. The van der Waals surface area contributed by atoms with E-state index in [0.29, 0.717) is 6.42 Å². The van der Waals surface area contributed by atoms with Crippen molar-refractivity contribution < 1.29 is 32.7 Å². The number of carboxylic acid groups (broad SMARTS) is 1. The minimum Gasteiger partial charge on any atom is -0.480 e. The third-order valence-corrected chi connectivity index (χ3v) is 3.30. The summed E-state index contributed by atoms with van der Waals surface area (Å²) >= 11 is 0. The van der Waals surface area contributed by atoms with Crippen LogP contribution >= 0.6 is 0 Å². The third-order valence-electron chi connectivity index (χ3n) is 3.30. The molecule has 21 heavy (non-hydrogen) atoms. The number of carbonyl (C=O) groups is 3. The van der Waals surface area contributed by atoms with Crippen LogP contribution in [0.25, 0.3) is 0 Å². The summed E-state index contributed by atoms with van der Waals surface area (Å²) in [4.78, 5) is 35.3. The summed E-state index contributed by atoms with van der Waals surface area (Å²) in [5.74, 6) is -4.81.